The van der Waals surface area contributed by atoms with Crippen molar-refractivity contribution in [1.82, 2.24) is 0 Å². The number of aromatic carboxylic acids is 1. The molecule has 1 N–H and O–H groups in total. The maximum Gasteiger partial charge on any atom is 0.339 e. The van der Waals surface area contributed by atoms with Crippen LogP contribution >= 0.6 is 0 Å². The number of hydrogen-bond acceptors (Lipinski definition) is 3. The van der Waals surface area contributed by atoms with Gasteiger partial charge in [0.25, 0.3) is 0 Å². The molecular formula is C19H22O4. The van der Waals surface area contributed by atoms with Gasteiger partial charge in [-0.05, 0) is 49.1 Å². The molecule has 0 aliphatic carbocycles. The highest BCUT2D eigenvalue weighted by molar-refractivity contribution is 5.90. The third kappa shape index (κ3) is 5.33. The van der Waals surface area contributed by atoms with Gasteiger partial charge in [-0.1, -0.05) is 31.2 Å². The van der Waals surface area contributed by atoms with E-state index in [2.05, 4.69) is 19.1 Å². The number of para-hydroxylation sites is 1. The van der Waals surface area contributed by atoms with Crippen LogP contribution in [0.3, 0.4) is 0 Å². The highest BCUT2D eigenvalue weighted by Gasteiger charge is 2.09. The second-order valence-electron chi connectivity index (χ2n) is 5.20. The van der Waals surface area contributed by atoms with E-state index in [0.29, 0.717) is 19.0 Å². The Hall–Kier alpha value is -2.49. The fourth-order valence-corrected chi connectivity index (χ4v) is 2.17. The maximum absolute atomic E-state index is 11.1. The van der Waals surface area contributed by atoms with E-state index in [1.807, 2.05) is 12.1 Å². The van der Waals surface area contributed by atoms with Crippen LogP contribution in [0.2, 0.25) is 0 Å². The van der Waals surface area contributed by atoms with Crippen LogP contribution in [-0.4, -0.2) is 24.3 Å². The van der Waals surface area contributed by atoms with Crippen LogP contribution in [0.4, 0.5) is 0 Å². The van der Waals surface area contributed by atoms with Crippen molar-refractivity contribution < 1.29 is 19.4 Å². The summed E-state index contributed by atoms with van der Waals surface area (Å²) in [5.41, 5.74) is 1.49. The van der Waals surface area contributed by atoms with Gasteiger partial charge in [-0.15, -0.1) is 0 Å². The standard InChI is InChI=1S/C19H22O4/c1-2-15-9-11-16(12-10-15)22-13-5-6-14-23-18-8-4-3-7-17(18)19(20)21/h3-4,7-12H,2,5-6,13-14H2,1H3,(H,20,21). The molecule has 0 amide bonds. The van der Waals surface area contributed by atoms with Crippen LogP contribution in [0.1, 0.15) is 35.7 Å². The van der Waals surface area contributed by atoms with Gasteiger partial charge >= 0.3 is 5.97 Å². The fourth-order valence-electron chi connectivity index (χ4n) is 2.17. The molecule has 0 unspecified atom stereocenters. The van der Waals surface area contributed by atoms with Crippen molar-refractivity contribution in [3.05, 3.63) is 59.7 Å². The maximum atomic E-state index is 11.1. The number of unbranched alkanes of at least 4 members (excludes halogenated alkanes) is 1. The number of aryl methyl sites for hydroxylation is 1. The molecule has 2 aromatic carbocycles. The smallest absolute Gasteiger partial charge is 0.339 e. The number of rotatable bonds is 9. The van der Waals surface area contributed by atoms with Gasteiger partial charge in [-0.2, -0.15) is 0 Å². The lowest BCUT2D eigenvalue weighted by atomic mass is 10.2. The van der Waals surface area contributed by atoms with E-state index in [-0.39, 0.29) is 5.56 Å². The molecule has 0 radical (unpaired) electrons. The Bertz CT molecular complexity index is 620. The summed E-state index contributed by atoms with van der Waals surface area (Å²) < 4.78 is 11.2. The summed E-state index contributed by atoms with van der Waals surface area (Å²) in [6, 6.07) is 14.8. The van der Waals surface area contributed by atoms with Gasteiger partial charge in [0, 0.05) is 0 Å². The number of hydrogen-bond donors (Lipinski definition) is 1. The highest BCUT2D eigenvalue weighted by Crippen LogP contribution is 2.18. The monoisotopic (exact) mass is 314 g/mol. The van der Waals surface area contributed by atoms with E-state index in [4.69, 9.17) is 14.6 Å². The summed E-state index contributed by atoms with van der Waals surface area (Å²) in [6.45, 7) is 3.22. The first-order valence-electron chi connectivity index (χ1n) is 7.87. The molecule has 0 aromatic heterocycles. The summed E-state index contributed by atoms with van der Waals surface area (Å²) in [5, 5.41) is 9.07. The molecule has 0 aliphatic rings. The molecule has 2 rings (SSSR count). The van der Waals surface area contributed by atoms with Gasteiger partial charge in [-0.25, -0.2) is 4.79 Å². The average Bonchev–Trinajstić information content (AvgIpc) is 2.58. The van der Waals surface area contributed by atoms with Crippen molar-refractivity contribution in [2.24, 2.45) is 0 Å². The SMILES string of the molecule is CCc1ccc(OCCCCOc2ccccc2C(=O)O)cc1. The topological polar surface area (TPSA) is 55.8 Å². The van der Waals surface area contributed by atoms with Crippen LogP contribution in [0, 0.1) is 0 Å². The van der Waals surface area contributed by atoms with Crippen LogP contribution in [0.15, 0.2) is 48.5 Å². The number of benzene rings is 2. The minimum Gasteiger partial charge on any atom is -0.494 e. The quantitative estimate of drug-likeness (QED) is 0.705. The number of carboxylic acid groups (broad SMARTS) is 1. The van der Waals surface area contributed by atoms with Crippen molar-refractivity contribution >= 4 is 5.97 Å². The Kier molecular flexibility index (Phi) is 6.48. The first-order valence-corrected chi connectivity index (χ1v) is 7.87. The molecule has 4 nitrogen and oxygen atoms in total. The molecule has 122 valence electrons. The van der Waals surface area contributed by atoms with Gasteiger partial charge in [0.2, 0.25) is 0 Å². The van der Waals surface area contributed by atoms with Crippen molar-refractivity contribution in [3.8, 4) is 11.5 Å². The Morgan fingerprint density at radius 1 is 0.957 bits per heavy atom. The van der Waals surface area contributed by atoms with Gasteiger partial charge in [0.15, 0.2) is 0 Å². The molecule has 0 atom stereocenters. The average molecular weight is 314 g/mol. The molecule has 0 spiro atoms. The van der Waals surface area contributed by atoms with E-state index in [0.717, 1.165) is 25.0 Å². The zero-order chi connectivity index (χ0) is 16.5. The van der Waals surface area contributed by atoms with E-state index in [9.17, 15) is 4.79 Å². The molecule has 4 heteroatoms. The second kappa shape index (κ2) is 8.83. The summed E-state index contributed by atoms with van der Waals surface area (Å²) in [4.78, 5) is 11.1. The van der Waals surface area contributed by atoms with Gasteiger partial charge < -0.3 is 14.6 Å². The first kappa shape index (κ1) is 16.9. The van der Waals surface area contributed by atoms with Crippen molar-refractivity contribution in [2.75, 3.05) is 13.2 Å². The summed E-state index contributed by atoms with van der Waals surface area (Å²) in [7, 11) is 0. The van der Waals surface area contributed by atoms with Gasteiger partial charge in [0.1, 0.15) is 17.1 Å². The zero-order valence-corrected chi connectivity index (χ0v) is 13.3. The minimum atomic E-state index is -0.973. The normalized spacial score (nSPS) is 10.3. The third-order valence-electron chi connectivity index (χ3n) is 3.51. The van der Waals surface area contributed by atoms with Crippen LogP contribution in [0.25, 0.3) is 0 Å². The summed E-state index contributed by atoms with van der Waals surface area (Å²) in [6.07, 6.45) is 2.68. The molecule has 0 aliphatic heterocycles. The van der Waals surface area contributed by atoms with Crippen LogP contribution < -0.4 is 9.47 Å². The minimum absolute atomic E-state index is 0.194. The van der Waals surface area contributed by atoms with Crippen LogP contribution in [0.5, 0.6) is 11.5 Å². The highest BCUT2D eigenvalue weighted by atomic mass is 16.5. The number of carbonyl (C=O) groups is 1. The van der Waals surface area contributed by atoms with E-state index < -0.39 is 5.97 Å². The second-order valence-corrected chi connectivity index (χ2v) is 5.20. The lowest BCUT2D eigenvalue weighted by molar-refractivity contribution is 0.0692. The Morgan fingerprint density at radius 3 is 2.26 bits per heavy atom. The summed E-state index contributed by atoms with van der Waals surface area (Å²) in [5.74, 6) is 0.315. The third-order valence-corrected chi connectivity index (χ3v) is 3.51. The van der Waals surface area contributed by atoms with E-state index in [1.165, 1.54) is 5.56 Å². The van der Waals surface area contributed by atoms with Crippen molar-refractivity contribution in [2.45, 2.75) is 26.2 Å². The lowest BCUT2D eigenvalue weighted by Gasteiger charge is -2.09. The molecule has 2 aromatic rings. The van der Waals surface area contributed by atoms with Crippen LogP contribution in [-0.2, 0) is 6.42 Å². The van der Waals surface area contributed by atoms with Crippen molar-refractivity contribution in [3.63, 3.8) is 0 Å². The lowest BCUT2D eigenvalue weighted by Crippen LogP contribution is -2.06. The predicted octanol–water partition coefficient (Wildman–Crippen LogP) is 4.19. The zero-order valence-electron chi connectivity index (χ0n) is 13.3. The summed E-state index contributed by atoms with van der Waals surface area (Å²) >= 11 is 0. The molecule has 0 heterocycles. The number of carboxylic acids is 1. The molecule has 0 saturated carbocycles. The Morgan fingerprint density at radius 2 is 1.61 bits per heavy atom. The first-order chi connectivity index (χ1) is 11.2. The molecule has 0 fully saturated rings. The molecular weight excluding hydrogens is 292 g/mol. The number of ether oxygens (including phenoxy) is 2. The largest absolute Gasteiger partial charge is 0.494 e. The molecule has 0 saturated heterocycles. The Labute approximate surface area is 136 Å². The van der Waals surface area contributed by atoms with E-state index >= 15 is 0 Å². The Balaban J connectivity index is 1.67. The molecule has 0 bridgehead atoms. The fraction of sp³-hybridized carbons (Fsp3) is 0.316. The van der Waals surface area contributed by atoms with Gasteiger partial charge in [0.05, 0.1) is 13.2 Å². The van der Waals surface area contributed by atoms with Gasteiger partial charge in [-0.3, -0.25) is 0 Å². The van der Waals surface area contributed by atoms with E-state index in [1.54, 1.807) is 24.3 Å². The van der Waals surface area contributed by atoms with Crippen molar-refractivity contribution in [1.29, 1.82) is 0 Å². The molecule has 23 heavy (non-hydrogen) atoms. The predicted molar refractivity (Wildman–Crippen MR) is 89.4 cm³/mol.